The van der Waals surface area contributed by atoms with Crippen molar-refractivity contribution in [1.82, 2.24) is 14.8 Å². The summed E-state index contributed by atoms with van der Waals surface area (Å²) >= 11 is 5.92. The lowest BCUT2D eigenvalue weighted by atomic mass is 10.1. The number of carbonyl (C=O) groups is 2. The van der Waals surface area contributed by atoms with Crippen LogP contribution in [0.3, 0.4) is 0 Å². The van der Waals surface area contributed by atoms with Crippen LogP contribution in [-0.2, 0) is 6.54 Å². The van der Waals surface area contributed by atoms with E-state index in [2.05, 4.69) is 20.1 Å². The van der Waals surface area contributed by atoms with Crippen LogP contribution >= 0.6 is 11.6 Å². The van der Waals surface area contributed by atoms with Gasteiger partial charge in [0.15, 0.2) is 0 Å². The van der Waals surface area contributed by atoms with Crippen molar-refractivity contribution in [2.75, 3.05) is 49.5 Å². The zero-order chi connectivity index (χ0) is 26.3. The molecule has 3 aromatic rings. The Labute approximate surface area is 228 Å². The second-order valence-electron chi connectivity index (χ2n) is 9.69. The van der Waals surface area contributed by atoms with Gasteiger partial charge in [-0.1, -0.05) is 30.2 Å². The largest absolute Gasteiger partial charge is 0.415 e. The number of ether oxygens (including phenoxy) is 1. The smallest absolute Gasteiger partial charge is 0.410 e. The number of piperidine rings is 1. The highest BCUT2D eigenvalue weighted by Crippen LogP contribution is 2.20. The van der Waals surface area contributed by atoms with Gasteiger partial charge in [0.2, 0.25) is 0 Å². The van der Waals surface area contributed by atoms with E-state index in [1.165, 1.54) is 24.8 Å². The molecule has 8 nitrogen and oxygen atoms in total. The molecule has 0 radical (unpaired) electrons. The molecule has 198 valence electrons. The van der Waals surface area contributed by atoms with Gasteiger partial charge in [-0.2, -0.15) is 0 Å². The minimum absolute atomic E-state index is 0.174. The Hall–Kier alpha value is -3.62. The van der Waals surface area contributed by atoms with E-state index in [0.29, 0.717) is 48.2 Å². The van der Waals surface area contributed by atoms with Crippen molar-refractivity contribution in [3.63, 3.8) is 0 Å². The molecule has 5 rings (SSSR count). The first kappa shape index (κ1) is 26.0. The summed E-state index contributed by atoms with van der Waals surface area (Å²) < 4.78 is 5.55. The van der Waals surface area contributed by atoms with E-state index in [4.69, 9.17) is 16.3 Å². The Kier molecular flexibility index (Phi) is 8.41. The number of anilines is 2. The number of hydrogen-bond acceptors (Lipinski definition) is 6. The van der Waals surface area contributed by atoms with E-state index in [1.54, 1.807) is 35.4 Å². The number of hydrogen-bond donors (Lipinski definition) is 1. The highest BCUT2D eigenvalue weighted by atomic mass is 35.5. The first-order valence-corrected chi connectivity index (χ1v) is 13.5. The molecule has 2 aliphatic rings. The first-order valence-electron chi connectivity index (χ1n) is 13.1. The van der Waals surface area contributed by atoms with Gasteiger partial charge >= 0.3 is 6.09 Å². The fourth-order valence-electron chi connectivity index (χ4n) is 4.79. The molecule has 0 unspecified atom stereocenters. The Morgan fingerprint density at radius 2 is 1.55 bits per heavy atom. The van der Waals surface area contributed by atoms with E-state index in [1.807, 2.05) is 36.4 Å². The third-order valence-electron chi connectivity index (χ3n) is 6.96. The number of benzene rings is 2. The van der Waals surface area contributed by atoms with Crippen LogP contribution in [0.5, 0.6) is 5.75 Å². The number of nitrogens with one attached hydrogen (secondary N) is 1. The number of piperazine rings is 1. The lowest BCUT2D eigenvalue weighted by Gasteiger charge is -2.34. The number of amides is 2. The first-order chi connectivity index (χ1) is 18.5. The molecule has 2 saturated heterocycles. The van der Waals surface area contributed by atoms with Gasteiger partial charge in [-0.3, -0.25) is 9.69 Å². The van der Waals surface area contributed by atoms with Gasteiger partial charge in [-0.15, -0.1) is 0 Å². The third-order valence-corrected chi connectivity index (χ3v) is 7.19. The summed E-state index contributed by atoms with van der Waals surface area (Å²) in [6.07, 6.45) is 5.07. The minimum Gasteiger partial charge on any atom is -0.410 e. The molecule has 2 aromatic carbocycles. The van der Waals surface area contributed by atoms with Gasteiger partial charge in [0, 0.05) is 50.2 Å². The van der Waals surface area contributed by atoms with Crippen molar-refractivity contribution in [3.8, 4) is 5.75 Å². The van der Waals surface area contributed by atoms with E-state index in [0.717, 1.165) is 25.5 Å². The number of rotatable bonds is 6. The zero-order valence-corrected chi connectivity index (χ0v) is 22.1. The van der Waals surface area contributed by atoms with Crippen LogP contribution in [-0.4, -0.2) is 66.1 Å². The molecule has 0 saturated carbocycles. The molecule has 0 aliphatic carbocycles. The average molecular weight is 534 g/mol. The average Bonchev–Trinajstić information content (AvgIpc) is 2.95. The molecule has 1 aromatic heterocycles. The predicted molar refractivity (Wildman–Crippen MR) is 149 cm³/mol. The summed E-state index contributed by atoms with van der Waals surface area (Å²) in [5, 5.41) is 3.50. The number of likely N-dealkylation sites (tertiary alicyclic amines) is 1. The van der Waals surface area contributed by atoms with Crippen LogP contribution in [0.25, 0.3) is 0 Å². The Morgan fingerprint density at radius 3 is 2.21 bits per heavy atom. The van der Waals surface area contributed by atoms with E-state index in [-0.39, 0.29) is 5.91 Å². The molecule has 3 heterocycles. The number of carbonyl (C=O) groups excluding carboxylic acids is 2. The lowest BCUT2D eigenvalue weighted by molar-refractivity contribution is 0.102. The maximum absolute atomic E-state index is 12.7. The summed E-state index contributed by atoms with van der Waals surface area (Å²) in [7, 11) is 0. The predicted octanol–water partition coefficient (Wildman–Crippen LogP) is 5.29. The Bertz CT molecular complexity index is 1220. The van der Waals surface area contributed by atoms with Gasteiger partial charge in [-0.05, 0) is 80.0 Å². The Balaban J connectivity index is 1.08. The quantitative estimate of drug-likeness (QED) is 0.463. The molecule has 2 amide bonds. The molecule has 38 heavy (non-hydrogen) atoms. The fourth-order valence-corrected chi connectivity index (χ4v) is 4.90. The molecule has 2 fully saturated rings. The van der Waals surface area contributed by atoms with E-state index in [9.17, 15) is 9.59 Å². The van der Waals surface area contributed by atoms with Crippen LogP contribution in [0.15, 0.2) is 66.9 Å². The van der Waals surface area contributed by atoms with Crippen LogP contribution in [0.2, 0.25) is 5.02 Å². The molecule has 0 atom stereocenters. The van der Waals surface area contributed by atoms with Gasteiger partial charge < -0.3 is 19.9 Å². The van der Waals surface area contributed by atoms with Crippen molar-refractivity contribution in [1.29, 1.82) is 0 Å². The third kappa shape index (κ3) is 6.82. The minimum atomic E-state index is -0.393. The normalized spacial score (nSPS) is 16.2. The van der Waals surface area contributed by atoms with Gasteiger partial charge in [0.05, 0.1) is 5.02 Å². The topological polar surface area (TPSA) is 78.0 Å². The summed E-state index contributed by atoms with van der Waals surface area (Å²) in [6, 6.07) is 18.3. The van der Waals surface area contributed by atoms with Crippen molar-refractivity contribution < 1.29 is 14.3 Å². The van der Waals surface area contributed by atoms with Crippen molar-refractivity contribution in [2.45, 2.75) is 25.8 Å². The lowest BCUT2D eigenvalue weighted by Crippen LogP contribution is -2.49. The molecule has 0 bridgehead atoms. The number of pyridine rings is 1. The van der Waals surface area contributed by atoms with Crippen LogP contribution in [0.4, 0.5) is 16.3 Å². The van der Waals surface area contributed by atoms with Crippen molar-refractivity contribution in [2.24, 2.45) is 0 Å². The van der Waals surface area contributed by atoms with E-state index < -0.39 is 6.09 Å². The maximum atomic E-state index is 12.7. The summed E-state index contributed by atoms with van der Waals surface area (Å²) in [6.45, 7) is 5.61. The van der Waals surface area contributed by atoms with Crippen LogP contribution < -0.4 is 15.0 Å². The molecule has 1 N–H and O–H groups in total. The summed E-state index contributed by atoms with van der Waals surface area (Å²) in [4.78, 5) is 35.9. The molecular weight excluding hydrogens is 502 g/mol. The Morgan fingerprint density at radius 1 is 0.842 bits per heavy atom. The van der Waals surface area contributed by atoms with Crippen LogP contribution in [0, 0.1) is 0 Å². The molecule has 0 spiro atoms. The number of aromatic nitrogens is 1. The molecular formula is C29H32ClN5O3. The van der Waals surface area contributed by atoms with Crippen molar-refractivity contribution >= 4 is 35.1 Å². The number of halogens is 1. The molecule has 9 heteroatoms. The maximum Gasteiger partial charge on any atom is 0.415 e. The second-order valence-corrected chi connectivity index (χ2v) is 10.1. The monoisotopic (exact) mass is 533 g/mol. The molecule has 2 aliphatic heterocycles. The highest BCUT2D eigenvalue weighted by Gasteiger charge is 2.23. The fraction of sp³-hybridized carbons (Fsp3) is 0.345. The van der Waals surface area contributed by atoms with Gasteiger partial charge in [-0.25, -0.2) is 9.78 Å². The van der Waals surface area contributed by atoms with Gasteiger partial charge in [0.25, 0.3) is 5.91 Å². The highest BCUT2D eigenvalue weighted by molar-refractivity contribution is 6.30. The van der Waals surface area contributed by atoms with Crippen molar-refractivity contribution in [3.05, 3.63) is 83.0 Å². The summed E-state index contributed by atoms with van der Waals surface area (Å²) in [5.41, 5.74) is 2.46. The second kappa shape index (κ2) is 12.3. The zero-order valence-electron chi connectivity index (χ0n) is 21.3. The standard InChI is InChI=1S/C29H32ClN5O3/c30-24-8-13-27(31-20-24)34-16-18-35(19-17-34)29(37)38-26-11-9-25(10-12-26)32-28(36)23-6-4-22(5-7-23)21-33-14-2-1-3-15-33/h4-13,20H,1-3,14-19,21H2,(H,32,36). The van der Waals surface area contributed by atoms with Gasteiger partial charge in [0.1, 0.15) is 11.6 Å². The van der Waals surface area contributed by atoms with E-state index >= 15 is 0 Å². The summed E-state index contributed by atoms with van der Waals surface area (Å²) in [5.74, 6) is 1.10. The number of nitrogens with zero attached hydrogens (tertiary/aromatic N) is 4. The van der Waals surface area contributed by atoms with Crippen LogP contribution in [0.1, 0.15) is 35.2 Å². The SMILES string of the molecule is O=C(Nc1ccc(OC(=O)N2CCN(c3ccc(Cl)cn3)CC2)cc1)c1ccc(CN2CCCCC2)cc1.